The van der Waals surface area contributed by atoms with Crippen LogP contribution in [-0.4, -0.2) is 18.5 Å². The number of ether oxygens (including phenoxy) is 1. The minimum Gasteiger partial charge on any atom is -0.478 e. The lowest BCUT2D eigenvalue weighted by atomic mass is 9.79. The minimum absolute atomic E-state index is 0.129. The highest BCUT2D eigenvalue weighted by Crippen LogP contribution is 2.47. The lowest BCUT2D eigenvalue weighted by molar-refractivity contribution is -0.160. The highest BCUT2D eigenvalue weighted by molar-refractivity contribution is 7.94. The molecule has 1 aliphatic heterocycles. The van der Waals surface area contributed by atoms with Crippen molar-refractivity contribution in [1.82, 2.24) is 0 Å². The topological polar surface area (TPSA) is 44.8 Å². The third-order valence-electron chi connectivity index (χ3n) is 5.20. The first-order valence-corrected chi connectivity index (χ1v) is 9.99. The zero-order chi connectivity index (χ0) is 18.7. The van der Waals surface area contributed by atoms with Gasteiger partial charge in [-0.1, -0.05) is 48.9 Å². The lowest BCUT2D eigenvalue weighted by Crippen LogP contribution is -2.39. The molecule has 0 aromatic heterocycles. The van der Waals surface area contributed by atoms with Crippen LogP contribution in [0.1, 0.15) is 43.2 Å². The Morgan fingerprint density at radius 1 is 0.926 bits per heavy atom. The molecule has 4 rings (SSSR count). The van der Waals surface area contributed by atoms with Crippen molar-refractivity contribution in [2.75, 3.05) is 7.11 Å². The Morgan fingerprint density at radius 3 is 2.30 bits per heavy atom. The molecule has 2 aromatic rings. The van der Waals surface area contributed by atoms with Crippen molar-refractivity contribution in [3.8, 4) is 0 Å². The number of rotatable bonds is 5. The molecular formula is C22H22O4S. The summed E-state index contributed by atoms with van der Waals surface area (Å²) in [5, 5.41) is 0. The molecule has 0 unspecified atom stereocenters. The van der Waals surface area contributed by atoms with Crippen LogP contribution in [-0.2, 0) is 18.8 Å². The first-order chi connectivity index (χ1) is 13.2. The number of benzene rings is 2. The SMILES string of the molecule is COOSc1ccc(C2=C(c3ccccc3)C(=O)C3(CCCCC3)O2)cc1. The molecule has 0 bridgehead atoms. The van der Waals surface area contributed by atoms with Gasteiger partial charge in [-0.25, -0.2) is 4.89 Å². The van der Waals surface area contributed by atoms with Gasteiger partial charge in [0.05, 0.1) is 24.7 Å². The summed E-state index contributed by atoms with van der Waals surface area (Å²) in [6, 6.07) is 17.7. The molecule has 5 heteroatoms. The van der Waals surface area contributed by atoms with E-state index in [2.05, 4.69) is 4.89 Å². The van der Waals surface area contributed by atoms with E-state index in [9.17, 15) is 4.79 Å². The third kappa shape index (κ3) is 3.55. The Hall–Kier alpha value is -2.08. The van der Waals surface area contributed by atoms with E-state index in [1.807, 2.05) is 54.6 Å². The second-order valence-electron chi connectivity index (χ2n) is 6.90. The maximum Gasteiger partial charge on any atom is 0.210 e. The molecule has 140 valence electrons. The van der Waals surface area contributed by atoms with Gasteiger partial charge in [0.25, 0.3) is 0 Å². The number of hydrogen-bond donors (Lipinski definition) is 0. The summed E-state index contributed by atoms with van der Waals surface area (Å²) in [7, 11) is 1.47. The summed E-state index contributed by atoms with van der Waals surface area (Å²) < 4.78 is 11.3. The smallest absolute Gasteiger partial charge is 0.210 e. The summed E-state index contributed by atoms with van der Waals surface area (Å²) in [6.07, 6.45) is 4.82. The Bertz CT molecular complexity index is 836. The maximum absolute atomic E-state index is 13.5. The quantitative estimate of drug-likeness (QED) is 0.391. The van der Waals surface area contributed by atoms with Gasteiger partial charge in [0, 0.05) is 10.5 Å². The van der Waals surface area contributed by atoms with Crippen LogP contribution in [0.3, 0.4) is 0 Å². The Kier molecular flexibility index (Phi) is 5.34. The third-order valence-corrected chi connectivity index (χ3v) is 5.87. The van der Waals surface area contributed by atoms with E-state index in [1.165, 1.54) is 13.5 Å². The van der Waals surface area contributed by atoms with Crippen molar-refractivity contribution < 1.29 is 18.8 Å². The number of carbonyl (C=O) groups excluding carboxylic acids is 1. The number of ketones is 1. The highest BCUT2D eigenvalue weighted by atomic mass is 32.2. The van der Waals surface area contributed by atoms with E-state index in [1.54, 1.807) is 0 Å². The largest absolute Gasteiger partial charge is 0.478 e. The Balaban J connectivity index is 1.74. The second kappa shape index (κ2) is 7.89. The molecule has 1 saturated carbocycles. The van der Waals surface area contributed by atoms with Gasteiger partial charge in [0.1, 0.15) is 5.76 Å². The second-order valence-corrected chi connectivity index (χ2v) is 7.67. The van der Waals surface area contributed by atoms with E-state index >= 15 is 0 Å². The average Bonchev–Trinajstić information content (AvgIpc) is 3.00. The van der Waals surface area contributed by atoms with Crippen molar-refractivity contribution in [2.24, 2.45) is 0 Å². The van der Waals surface area contributed by atoms with E-state index in [-0.39, 0.29) is 5.78 Å². The molecular weight excluding hydrogens is 360 g/mol. The number of hydrogen-bond acceptors (Lipinski definition) is 5. The Morgan fingerprint density at radius 2 is 1.63 bits per heavy atom. The molecule has 1 fully saturated rings. The first-order valence-electron chi connectivity index (χ1n) is 9.25. The summed E-state index contributed by atoms with van der Waals surface area (Å²) in [6.45, 7) is 0. The van der Waals surface area contributed by atoms with Crippen molar-refractivity contribution >= 4 is 29.2 Å². The monoisotopic (exact) mass is 382 g/mol. The first kappa shape index (κ1) is 18.3. The number of Topliss-reactive ketones (excluding diaryl/α,β-unsaturated/α-hetero) is 1. The fourth-order valence-electron chi connectivity index (χ4n) is 3.88. The number of carbonyl (C=O) groups is 1. The van der Waals surface area contributed by atoms with Crippen LogP contribution in [0.5, 0.6) is 0 Å². The molecule has 0 amide bonds. The molecule has 27 heavy (non-hydrogen) atoms. The zero-order valence-corrected chi connectivity index (χ0v) is 16.1. The fraction of sp³-hybridized carbons (Fsp3) is 0.318. The van der Waals surface area contributed by atoms with Crippen LogP contribution in [0, 0.1) is 0 Å². The van der Waals surface area contributed by atoms with Crippen LogP contribution < -0.4 is 0 Å². The predicted octanol–water partition coefficient (Wildman–Crippen LogP) is 5.44. The summed E-state index contributed by atoms with van der Waals surface area (Å²) in [5.41, 5.74) is 1.84. The molecule has 2 aliphatic rings. The van der Waals surface area contributed by atoms with E-state index in [0.717, 1.165) is 53.7 Å². The normalized spacial score (nSPS) is 18.8. The van der Waals surface area contributed by atoms with Gasteiger partial charge in [0.15, 0.2) is 5.60 Å². The van der Waals surface area contributed by atoms with Gasteiger partial charge in [-0.2, -0.15) is 4.33 Å². The van der Waals surface area contributed by atoms with Crippen LogP contribution in [0.2, 0.25) is 0 Å². The van der Waals surface area contributed by atoms with Crippen LogP contribution in [0.4, 0.5) is 0 Å². The molecule has 0 N–H and O–H groups in total. The predicted molar refractivity (Wildman–Crippen MR) is 106 cm³/mol. The van der Waals surface area contributed by atoms with Gasteiger partial charge in [-0.05, 0) is 43.4 Å². The summed E-state index contributed by atoms with van der Waals surface area (Å²) in [4.78, 5) is 19.0. The molecule has 1 heterocycles. The van der Waals surface area contributed by atoms with E-state index in [4.69, 9.17) is 9.07 Å². The average molecular weight is 382 g/mol. The van der Waals surface area contributed by atoms with Gasteiger partial charge in [0.2, 0.25) is 5.78 Å². The Labute approximate surface area is 163 Å². The van der Waals surface area contributed by atoms with Crippen LogP contribution in [0.15, 0.2) is 59.5 Å². The van der Waals surface area contributed by atoms with Crippen molar-refractivity contribution in [3.05, 3.63) is 65.7 Å². The van der Waals surface area contributed by atoms with Gasteiger partial charge >= 0.3 is 0 Å². The molecule has 4 nitrogen and oxygen atoms in total. The molecule has 1 spiro atoms. The maximum atomic E-state index is 13.5. The lowest BCUT2D eigenvalue weighted by Gasteiger charge is -2.32. The van der Waals surface area contributed by atoms with Crippen molar-refractivity contribution in [3.63, 3.8) is 0 Å². The van der Waals surface area contributed by atoms with Gasteiger partial charge < -0.3 is 4.74 Å². The van der Waals surface area contributed by atoms with E-state index in [0.29, 0.717) is 11.3 Å². The summed E-state index contributed by atoms with van der Waals surface area (Å²) >= 11 is 1.14. The highest BCUT2D eigenvalue weighted by Gasteiger charge is 2.50. The molecule has 0 atom stereocenters. The van der Waals surface area contributed by atoms with Gasteiger partial charge in [-0.15, -0.1) is 0 Å². The minimum atomic E-state index is -0.689. The van der Waals surface area contributed by atoms with Gasteiger partial charge in [-0.3, -0.25) is 4.79 Å². The van der Waals surface area contributed by atoms with Crippen LogP contribution >= 0.6 is 12.0 Å². The van der Waals surface area contributed by atoms with Crippen molar-refractivity contribution in [2.45, 2.75) is 42.6 Å². The van der Waals surface area contributed by atoms with Crippen molar-refractivity contribution in [1.29, 1.82) is 0 Å². The molecule has 1 aliphatic carbocycles. The molecule has 0 saturated heterocycles. The molecule has 0 radical (unpaired) electrons. The molecule has 2 aromatic carbocycles. The summed E-state index contributed by atoms with van der Waals surface area (Å²) in [5.74, 6) is 0.821. The fourth-order valence-corrected chi connectivity index (χ4v) is 4.27. The standard InChI is InChI=1S/C22H22O4S/c1-24-26-27-18-12-10-17(11-13-18)20-19(16-8-4-2-5-9-16)21(23)22(25-20)14-6-3-7-15-22/h2,4-5,8-13H,3,6-7,14-15H2,1H3. The zero-order valence-electron chi connectivity index (χ0n) is 15.3. The van der Waals surface area contributed by atoms with Crippen LogP contribution in [0.25, 0.3) is 11.3 Å². The van der Waals surface area contributed by atoms with E-state index < -0.39 is 5.60 Å².